The zero-order valence-corrected chi connectivity index (χ0v) is 15.3. The fourth-order valence-electron chi connectivity index (χ4n) is 3.30. The lowest BCUT2D eigenvalue weighted by atomic mass is 10.1. The van der Waals surface area contributed by atoms with Crippen molar-refractivity contribution in [2.75, 3.05) is 18.6 Å². The third-order valence-electron chi connectivity index (χ3n) is 4.79. The van der Waals surface area contributed by atoms with Crippen LogP contribution in [0, 0.1) is 18.6 Å². The van der Waals surface area contributed by atoms with Crippen molar-refractivity contribution < 1.29 is 22.8 Å². The Morgan fingerprint density at radius 1 is 1.21 bits per heavy atom. The highest BCUT2D eigenvalue weighted by atomic mass is 19.1. The number of anilines is 1. The van der Waals surface area contributed by atoms with Gasteiger partial charge in [0.15, 0.2) is 11.6 Å². The molecule has 4 rings (SSSR count). The van der Waals surface area contributed by atoms with E-state index in [0.717, 1.165) is 5.56 Å². The van der Waals surface area contributed by atoms with Gasteiger partial charge in [0, 0.05) is 24.2 Å². The second kappa shape index (κ2) is 7.03. The first-order valence-corrected chi connectivity index (χ1v) is 8.70. The van der Waals surface area contributed by atoms with E-state index in [1.807, 2.05) is 6.92 Å². The number of nitrogens with zero attached hydrogens (tertiary/aromatic N) is 3. The minimum Gasteiger partial charge on any atom is -0.494 e. The number of benzene rings is 2. The van der Waals surface area contributed by atoms with Crippen LogP contribution in [0.4, 0.5) is 14.5 Å². The molecule has 1 aliphatic heterocycles. The van der Waals surface area contributed by atoms with E-state index in [1.165, 1.54) is 36.3 Å². The van der Waals surface area contributed by atoms with Crippen molar-refractivity contribution >= 4 is 11.6 Å². The third-order valence-corrected chi connectivity index (χ3v) is 4.79. The second-order valence-electron chi connectivity index (χ2n) is 6.64. The molecule has 2 aromatic carbocycles. The van der Waals surface area contributed by atoms with E-state index in [-0.39, 0.29) is 35.7 Å². The number of halogens is 2. The van der Waals surface area contributed by atoms with Crippen LogP contribution in [0.3, 0.4) is 0 Å². The fraction of sp³-hybridized carbons (Fsp3) is 0.250. The highest BCUT2D eigenvalue weighted by Crippen LogP contribution is 2.34. The maximum atomic E-state index is 13.9. The van der Waals surface area contributed by atoms with Crippen LogP contribution in [0.2, 0.25) is 0 Å². The lowest BCUT2D eigenvalue weighted by molar-refractivity contribution is -0.117. The monoisotopic (exact) mass is 385 g/mol. The topological polar surface area (TPSA) is 68.5 Å². The number of hydrogen-bond acceptors (Lipinski definition) is 5. The molecule has 1 aromatic heterocycles. The van der Waals surface area contributed by atoms with E-state index in [1.54, 1.807) is 12.1 Å². The number of aryl methyl sites for hydroxylation is 1. The van der Waals surface area contributed by atoms with Gasteiger partial charge in [-0.05, 0) is 42.8 Å². The summed E-state index contributed by atoms with van der Waals surface area (Å²) >= 11 is 0. The quantitative estimate of drug-likeness (QED) is 0.682. The van der Waals surface area contributed by atoms with Crippen LogP contribution in [-0.4, -0.2) is 29.7 Å². The van der Waals surface area contributed by atoms with Crippen LogP contribution in [0.5, 0.6) is 5.75 Å². The zero-order chi connectivity index (χ0) is 19.8. The number of aromatic nitrogens is 2. The zero-order valence-electron chi connectivity index (χ0n) is 15.3. The van der Waals surface area contributed by atoms with Gasteiger partial charge < -0.3 is 14.2 Å². The Labute approximate surface area is 159 Å². The minimum absolute atomic E-state index is 0.120. The van der Waals surface area contributed by atoms with Crippen molar-refractivity contribution in [1.29, 1.82) is 0 Å². The summed E-state index contributed by atoms with van der Waals surface area (Å²) in [4.78, 5) is 18.3. The molecule has 0 saturated carbocycles. The van der Waals surface area contributed by atoms with Crippen LogP contribution >= 0.6 is 0 Å². The van der Waals surface area contributed by atoms with Gasteiger partial charge in [0.1, 0.15) is 5.82 Å². The average molecular weight is 385 g/mol. The maximum Gasteiger partial charge on any atom is 0.232 e. The molecule has 0 bridgehead atoms. The Kier molecular flexibility index (Phi) is 4.54. The van der Waals surface area contributed by atoms with Gasteiger partial charge in [0.2, 0.25) is 17.6 Å². The summed E-state index contributed by atoms with van der Waals surface area (Å²) in [5.41, 5.74) is 1.77. The Morgan fingerprint density at radius 3 is 2.79 bits per heavy atom. The van der Waals surface area contributed by atoms with Crippen molar-refractivity contribution in [1.82, 2.24) is 10.1 Å². The van der Waals surface area contributed by atoms with E-state index in [2.05, 4.69) is 10.1 Å². The fourth-order valence-corrected chi connectivity index (χ4v) is 3.30. The Hall–Kier alpha value is -3.29. The molecular formula is C20H17F2N3O3. The first-order valence-electron chi connectivity index (χ1n) is 8.70. The number of hydrogen-bond donors (Lipinski definition) is 0. The highest BCUT2D eigenvalue weighted by molar-refractivity contribution is 5.97. The van der Waals surface area contributed by atoms with Crippen molar-refractivity contribution in [3.8, 4) is 17.1 Å². The summed E-state index contributed by atoms with van der Waals surface area (Å²) in [5, 5.41) is 3.90. The van der Waals surface area contributed by atoms with Gasteiger partial charge in [-0.3, -0.25) is 4.79 Å². The number of rotatable bonds is 4. The largest absolute Gasteiger partial charge is 0.494 e. The van der Waals surface area contributed by atoms with Crippen LogP contribution < -0.4 is 9.64 Å². The van der Waals surface area contributed by atoms with Gasteiger partial charge in [0.25, 0.3) is 0 Å². The molecule has 2 heterocycles. The number of methoxy groups -OCH3 is 1. The summed E-state index contributed by atoms with van der Waals surface area (Å²) in [7, 11) is 1.38. The second-order valence-corrected chi connectivity index (χ2v) is 6.64. The maximum absolute atomic E-state index is 13.9. The molecule has 6 nitrogen and oxygen atoms in total. The number of carbonyl (C=O) groups excluding carboxylic acids is 1. The van der Waals surface area contributed by atoms with E-state index in [0.29, 0.717) is 17.8 Å². The number of ether oxygens (including phenoxy) is 1. The van der Waals surface area contributed by atoms with Crippen molar-refractivity contribution in [2.24, 2.45) is 0 Å². The van der Waals surface area contributed by atoms with Crippen LogP contribution in [-0.2, 0) is 4.79 Å². The van der Waals surface area contributed by atoms with Crippen LogP contribution in [0.25, 0.3) is 11.4 Å². The summed E-state index contributed by atoms with van der Waals surface area (Å²) in [5.74, 6) is -0.766. The smallest absolute Gasteiger partial charge is 0.232 e. The molecule has 1 amide bonds. The normalized spacial score (nSPS) is 16.6. The standard InChI is InChI=1S/C20H17F2N3O3/c1-11-3-5-14(21)9-16(11)25-10-13(8-18(25)26)20-23-19(24-28-20)12-4-6-17(27-2)15(22)7-12/h3-7,9,13H,8,10H2,1-2H3. The number of amides is 1. The van der Waals surface area contributed by atoms with Gasteiger partial charge in [-0.25, -0.2) is 8.78 Å². The molecule has 8 heteroatoms. The van der Waals surface area contributed by atoms with E-state index in [4.69, 9.17) is 9.26 Å². The van der Waals surface area contributed by atoms with E-state index < -0.39 is 11.6 Å². The lowest BCUT2D eigenvalue weighted by Crippen LogP contribution is -2.25. The molecule has 0 spiro atoms. The van der Waals surface area contributed by atoms with Crippen molar-refractivity contribution in [3.05, 3.63) is 59.5 Å². The molecule has 1 unspecified atom stereocenters. The first kappa shape index (κ1) is 18.1. The predicted molar refractivity (Wildman–Crippen MR) is 97.1 cm³/mol. The van der Waals surface area contributed by atoms with Crippen LogP contribution in [0.1, 0.15) is 23.8 Å². The molecule has 0 radical (unpaired) electrons. The highest BCUT2D eigenvalue weighted by Gasteiger charge is 2.36. The summed E-state index contributed by atoms with van der Waals surface area (Å²) < 4.78 is 37.7. The molecule has 3 aromatic rings. The first-order chi connectivity index (χ1) is 13.5. The molecule has 1 atom stereocenters. The average Bonchev–Trinajstić information content (AvgIpc) is 3.30. The Morgan fingerprint density at radius 2 is 2.04 bits per heavy atom. The molecule has 1 aliphatic rings. The molecule has 144 valence electrons. The van der Waals surface area contributed by atoms with Gasteiger partial charge >= 0.3 is 0 Å². The SMILES string of the molecule is COc1ccc(-c2noc(C3CC(=O)N(c4cc(F)ccc4C)C3)n2)cc1F. The van der Waals surface area contributed by atoms with E-state index >= 15 is 0 Å². The minimum atomic E-state index is -0.532. The van der Waals surface area contributed by atoms with Gasteiger partial charge in [-0.2, -0.15) is 4.98 Å². The van der Waals surface area contributed by atoms with Gasteiger partial charge in [-0.15, -0.1) is 0 Å². The van der Waals surface area contributed by atoms with Crippen LogP contribution in [0.15, 0.2) is 40.9 Å². The summed E-state index contributed by atoms with van der Waals surface area (Å²) in [6.07, 6.45) is 0.175. The van der Waals surface area contributed by atoms with Crippen molar-refractivity contribution in [3.63, 3.8) is 0 Å². The lowest BCUT2D eigenvalue weighted by Gasteiger charge is -2.18. The molecule has 0 aliphatic carbocycles. The summed E-state index contributed by atoms with van der Waals surface area (Å²) in [6.45, 7) is 2.13. The van der Waals surface area contributed by atoms with Crippen molar-refractivity contribution in [2.45, 2.75) is 19.3 Å². The van der Waals surface area contributed by atoms with Gasteiger partial charge in [-0.1, -0.05) is 11.2 Å². The molecular weight excluding hydrogens is 368 g/mol. The molecule has 1 saturated heterocycles. The predicted octanol–water partition coefficient (Wildman–Crippen LogP) is 3.85. The Balaban J connectivity index is 1.57. The van der Waals surface area contributed by atoms with E-state index in [9.17, 15) is 13.6 Å². The van der Waals surface area contributed by atoms with Gasteiger partial charge in [0.05, 0.1) is 13.0 Å². The third kappa shape index (κ3) is 3.21. The summed E-state index contributed by atoms with van der Waals surface area (Å²) in [6, 6.07) is 8.70. The molecule has 1 fully saturated rings. The number of carbonyl (C=O) groups is 1. The molecule has 0 N–H and O–H groups in total. The Bertz CT molecular complexity index is 1050. The molecule has 28 heavy (non-hydrogen) atoms.